The molecule has 0 radical (unpaired) electrons. The average molecular weight is 469 g/mol. The minimum Gasteiger partial charge on any atom is -0.494 e. The third-order valence-corrected chi connectivity index (χ3v) is 9.20. The van der Waals surface area contributed by atoms with Gasteiger partial charge in [0.25, 0.3) is 0 Å². The molecule has 0 spiro atoms. The van der Waals surface area contributed by atoms with Gasteiger partial charge in [0.2, 0.25) is 0 Å². The first-order valence-electron chi connectivity index (χ1n) is 15.5. The van der Waals surface area contributed by atoms with Gasteiger partial charge in [-0.15, -0.1) is 0 Å². The van der Waals surface area contributed by atoms with Gasteiger partial charge in [0.1, 0.15) is 5.75 Å². The molecule has 1 nitrogen and oxygen atoms in total. The Balaban J connectivity index is 1.24. The molecule has 2 aliphatic carbocycles. The summed E-state index contributed by atoms with van der Waals surface area (Å²) in [5.74, 6) is 5.19. The molecule has 34 heavy (non-hydrogen) atoms. The molecular weight excluding hydrogens is 412 g/mol. The number of unbranched alkanes of at least 4 members (excludes halogenated alkanes) is 7. The number of aryl methyl sites for hydroxylation is 1. The number of hydrogen-bond acceptors (Lipinski definition) is 1. The van der Waals surface area contributed by atoms with E-state index < -0.39 is 0 Å². The molecule has 0 aromatic heterocycles. The van der Waals surface area contributed by atoms with Gasteiger partial charge in [-0.25, -0.2) is 0 Å². The van der Waals surface area contributed by atoms with Crippen molar-refractivity contribution in [1.82, 2.24) is 0 Å². The molecule has 0 bridgehead atoms. The lowest BCUT2D eigenvalue weighted by molar-refractivity contribution is 0.140. The van der Waals surface area contributed by atoms with Crippen molar-refractivity contribution in [2.24, 2.45) is 23.7 Å². The Morgan fingerprint density at radius 1 is 0.588 bits per heavy atom. The van der Waals surface area contributed by atoms with E-state index in [-0.39, 0.29) is 0 Å². The summed E-state index contributed by atoms with van der Waals surface area (Å²) in [6, 6.07) is 9.01. The zero-order valence-electron chi connectivity index (χ0n) is 22.9. The van der Waals surface area contributed by atoms with Crippen LogP contribution in [0.5, 0.6) is 5.75 Å². The van der Waals surface area contributed by atoms with Crippen molar-refractivity contribution in [3.8, 4) is 5.75 Å². The quantitative estimate of drug-likeness (QED) is 0.219. The lowest BCUT2D eigenvalue weighted by Gasteiger charge is -2.38. The second kappa shape index (κ2) is 16.6. The summed E-state index contributed by atoms with van der Waals surface area (Å²) in [7, 11) is 0. The molecule has 1 aromatic rings. The van der Waals surface area contributed by atoms with E-state index in [0.29, 0.717) is 0 Å². The van der Waals surface area contributed by atoms with Crippen molar-refractivity contribution in [3.63, 3.8) is 0 Å². The summed E-state index contributed by atoms with van der Waals surface area (Å²) in [5.41, 5.74) is 1.50. The zero-order valence-corrected chi connectivity index (χ0v) is 22.9. The molecule has 0 amide bonds. The van der Waals surface area contributed by atoms with Crippen LogP contribution in [0.15, 0.2) is 24.3 Å². The van der Waals surface area contributed by atoms with Crippen LogP contribution in [0.1, 0.15) is 141 Å². The van der Waals surface area contributed by atoms with Gasteiger partial charge in [0, 0.05) is 0 Å². The predicted molar refractivity (Wildman–Crippen MR) is 149 cm³/mol. The van der Waals surface area contributed by atoms with Crippen molar-refractivity contribution in [2.45, 2.75) is 142 Å². The van der Waals surface area contributed by atoms with Gasteiger partial charge in [-0.1, -0.05) is 109 Å². The first kappa shape index (κ1) is 27.6. The molecule has 0 N–H and O–H groups in total. The molecule has 2 aliphatic rings. The van der Waals surface area contributed by atoms with E-state index in [0.717, 1.165) is 36.0 Å². The zero-order chi connectivity index (χ0) is 23.8. The fourth-order valence-corrected chi connectivity index (χ4v) is 6.78. The van der Waals surface area contributed by atoms with Crippen LogP contribution in [0.25, 0.3) is 0 Å². The second-order valence-corrected chi connectivity index (χ2v) is 11.9. The van der Waals surface area contributed by atoms with Crippen molar-refractivity contribution in [1.29, 1.82) is 0 Å². The maximum Gasteiger partial charge on any atom is 0.119 e. The van der Waals surface area contributed by atoms with Crippen molar-refractivity contribution < 1.29 is 4.74 Å². The van der Waals surface area contributed by atoms with Crippen molar-refractivity contribution >= 4 is 0 Å². The fourth-order valence-electron chi connectivity index (χ4n) is 6.78. The Bertz CT molecular complexity index is 604. The standard InChI is InChI=1S/C33H56O/c1-3-5-7-8-9-11-27-34-33-25-19-30(20-26-33)14-13-29-17-23-32(24-18-29)31-21-15-28(16-22-31)12-10-6-4-2/h19-20,25-26,28-29,31-32H,3-18,21-24,27H2,1-2H3. The monoisotopic (exact) mass is 468 g/mol. The summed E-state index contributed by atoms with van der Waals surface area (Å²) in [5, 5.41) is 0. The van der Waals surface area contributed by atoms with Crippen LogP contribution in [0.2, 0.25) is 0 Å². The molecule has 1 heteroatoms. The van der Waals surface area contributed by atoms with Crippen molar-refractivity contribution in [3.05, 3.63) is 29.8 Å². The van der Waals surface area contributed by atoms with E-state index in [1.54, 1.807) is 12.8 Å². The van der Waals surface area contributed by atoms with E-state index >= 15 is 0 Å². The number of rotatable bonds is 16. The molecule has 1 aromatic carbocycles. The summed E-state index contributed by atoms with van der Waals surface area (Å²) < 4.78 is 5.96. The van der Waals surface area contributed by atoms with E-state index in [9.17, 15) is 0 Å². The maximum atomic E-state index is 5.96. The third kappa shape index (κ3) is 10.3. The van der Waals surface area contributed by atoms with Gasteiger partial charge in [-0.05, 0) is 86.3 Å². The Hall–Kier alpha value is -0.980. The lowest BCUT2D eigenvalue weighted by atomic mass is 9.68. The first-order valence-corrected chi connectivity index (χ1v) is 15.5. The lowest BCUT2D eigenvalue weighted by Crippen LogP contribution is -2.26. The van der Waals surface area contributed by atoms with Crippen LogP contribution in [-0.4, -0.2) is 6.61 Å². The molecular formula is C33H56O. The summed E-state index contributed by atoms with van der Waals surface area (Å²) in [4.78, 5) is 0. The molecule has 3 rings (SSSR count). The highest BCUT2D eigenvalue weighted by atomic mass is 16.5. The highest BCUT2D eigenvalue weighted by Gasteiger charge is 2.30. The first-order chi connectivity index (χ1) is 16.8. The van der Waals surface area contributed by atoms with Crippen LogP contribution in [0, 0.1) is 23.7 Å². The van der Waals surface area contributed by atoms with Crippen LogP contribution < -0.4 is 4.74 Å². The number of ether oxygens (including phenoxy) is 1. The van der Waals surface area contributed by atoms with E-state index in [1.807, 2.05) is 0 Å². The average Bonchev–Trinajstić information content (AvgIpc) is 2.88. The SMILES string of the molecule is CCCCCCCCOc1ccc(CCC2CCC(C3CCC(CCCCC)CC3)CC2)cc1. The molecule has 0 heterocycles. The van der Waals surface area contributed by atoms with Crippen molar-refractivity contribution in [2.75, 3.05) is 6.61 Å². The third-order valence-electron chi connectivity index (χ3n) is 9.20. The largest absolute Gasteiger partial charge is 0.494 e. The van der Waals surface area contributed by atoms with Gasteiger partial charge >= 0.3 is 0 Å². The minimum atomic E-state index is 0.870. The smallest absolute Gasteiger partial charge is 0.119 e. The van der Waals surface area contributed by atoms with Crippen LogP contribution >= 0.6 is 0 Å². The Labute approximate surface area is 212 Å². The van der Waals surface area contributed by atoms with Crippen LogP contribution in [0.4, 0.5) is 0 Å². The van der Waals surface area contributed by atoms with E-state index in [4.69, 9.17) is 4.74 Å². The molecule has 194 valence electrons. The summed E-state index contributed by atoms with van der Waals surface area (Å²) >= 11 is 0. The topological polar surface area (TPSA) is 9.23 Å². The minimum absolute atomic E-state index is 0.870. The number of benzene rings is 1. The van der Waals surface area contributed by atoms with E-state index in [1.165, 1.54) is 121 Å². The Morgan fingerprint density at radius 3 is 1.74 bits per heavy atom. The molecule has 2 fully saturated rings. The summed E-state index contributed by atoms with van der Waals surface area (Å²) in [6.07, 6.45) is 28.5. The van der Waals surface area contributed by atoms with E-state index in [2.05, 4.69) is 38.1 Å². The van der Waals surface area contributed by atoms with Gasteiger partial charge in [-0.2, -0.15) is 0 Å². The van der Waals surface area contributed by atoms with Gasteiger partial charge in [-0.3, -0.25) is 0 Å². The van der Waals surface area contributed by atoms with Crippen LogP contribution in [-0.2, 0) is 6.42 Å². The highest BCUT2D eigenvalue weighted by molar-refractivity contribution is 5.27. The normalized spacial score (nSPS) is 25.4. The number of hydrogen-bond donors (Lipinski definition) is 0. The molecule has 0 aliphatic heterocycles. The molecule has 0 saturated heterocycles. The fraction of sp³-hybridized carbons (Fsp3) is 0.818. The van der Waals surface area contributed by atoms with Gasteiger partial charge in [0.15, 0.2) is 0 Å². The molecule has 2 saturated carbocycles. The molecule has 0 unspecified atom stereocenters. The van der Waals surface area contributed by atoms with Gasteiger partial charge < -0.3 is 4.74 Å². The van der Waals surface area contributed by atoms with Crippen LogP contribution in [0.3, 0.4) is 0 Å². The maximum absolute atomic E-state index is 5.96. The molecule has 0 atom stereocenters. The second-order valence-electron chi connectivity index (χ2n) is 11.9. The Morgan fingerprint density at radius 2 is 1.12 bits per heavy atom. The summed E-state index contributed by atoms with van der Waals surface area (Å²) in [6.45, 7) is 5.48. The predicted octanol–water partition coefficient (Wildman–Crippen LogP) is 10.6. The van der Waals surface area contributed by atoms with Gasteiger partial charge in [0.05, 0.1) is 6.61 Å². The Kier molecular flexibility index (Phi) is 13.5. The highest BCUT2D eigenvalue weighted by Crippen LogP contribution is 2.43.